The van der Waals surface area contributed by atoms with Gasteiger partial charge in [0, 0.05) is 10.7 Å². The first-order valence-electron chi connectivity index (χ1n) is 3.60. The SMILES string of the molecule is N#Cc1nc(I)c(S(=O)(=O)Cl)cc1C(F)F. The third-order valence-corrected chi connectivity index (χ3v) is 4.10. The summed E-state index contributed by atoms with van der Waals surface area (Å²) in [4.78, 5) is 2.94. The van der Waals surface area contributed by atoms with Crippen molar-refractivity contribution in [3.63, 3.8) is 0 Å². The van der Waals surface area contributed by atoms with Gasteiger partial charge < -0.3 is 0 Å². The molecule has 0 spiro atoms. The van der Waals surface area contributed by atoms with Crippen LogP contribution >= 0.6 is 33.3 Å². The molecule has 16 heavy (non-hydrogen) atoms. The average Bonchev–Trinajstić information content (AvgIpc) is 2.14. The molecule has 0 fully saturated rings. The number of hydrogen-bond acceptors (Lipinski definition) is 4. The van der Waals surface area contributed by atoms with E-state index in [2.05, 4.69) is 4.98 Å². The van der Waals surface area contributed by atoms with Crippen molar-refractivity contribution >= 4 is 42.3 Å². The van der Waals surface area contributed by atoms with E-state index in [0.717, 1.165) is 0 Å². The van der Waals surface area contributed by atoms with E-state index in [1.807, 2.05) is 0 Å². The highest BCUT2D eigenvalue weighted by molar-refractivity contribution is 14.1. The molecule has 0 bridgehead atoms. The molecular formula is C7H2ClF2IN2O2S. The fourth-order valence-electron chi connectivity index (χ4n) is 0.914. The molecule has 0 atom stereocenters. The number of nitriles is 1. The molecule has 4 nitrogen and oxygen atoms in total. The van der Waals surface area contributed by atoms with Crippen LogP contribution in [0.15, 0.2) is 11.0 Å². The van der Waals surface area contributed by atoms with Crippen LogP contribution in [0.3, 0.4) is 0 Å². The summed E-state index contributed by atoms with van der Waals surface area (Å²) < 4.78 is 46.9. The second-order valence-electron chi connectivity index (χ2n) is 2.57. The summed E-state index contributed by atoms with van der Waals surface area (Å²) in [5.74, 6) is 0. The molecular weight excluding hydrogens is 377 g/mol. The molecule has 0 aliphatic heterocycles. The fraction of sp³-hybridized carbons (Fsp3) is 0.143. The minimum absolute atomic E-state index is 0.117. The van der Waals surface area contributed by atoms with Crippen molar-refractivity contribution in [1.29, 1.82) is 5.26 Å². The monoisotopic (exact) mass is 378 g/mol. The normalized spacial score (nSPS) is 11.5. The Kier molecular flexibility index (Phi) is 4.03. The number of rotatable bonds is 2. The van der Waals surface area contributed by atoms with E-state index in [1.54, 1.807) is 0 Å². The van der Waals surface area contributed by atoms with Gasteiger partial charge in [-0.2, -0.15) is 5.26 Å². The highest BCUT2D eigenvalue weighted by atomic mass is 127. The zero-order chi connectivity index (χ0) is 12.5. The van der Waals surface area contributed by atoms with E-state index < -0.39 is 31.6 Å². The molecule has 1 aromatic rings. The third-order valence-electron chi connectivity index (χ3n) is 1.58. The smallest absolute Gasteiger partial charge is 0.229 e. The van der Waals surface area contributed by atoms with Crippen LogP contribution in [0.1, 0.15) is 17.7 Å². The van der Waals surface area contributed by atoms with Crippen molar-refractivity contribution < 1.29 is 17.2 Å². The van der Waals surface area contributed by atoms with E-state index in [4.69, 9.17) is 15.9 Å². The van der Waals surface area contributed by atoms with Crippen molar-refractivity contribution in [2.24, 2.45) is 0 Å². The Morgan fingerprint density at radius 1 is 1.56 bits per heavy atom. The maximum Gasteiger partial charge on any atom is 0.266 e. The van der Waals surface area contributed by atoms with Crippen molar-refractivity contribution in [1.82, 2.24) is 4.98 Å². The van der Waals surface area contributed by atoms with Gasteiger partial charge in [-0.3, -0.25) is 0 Å². The van der Waals surface area contributed by atoms with Gasteiger partial charge in [0.15, 0.2) is 5.69 Å². The topological polar surface area (TPSA) is 70.8 Å². The van der Waals surface area contributed by atoms with E-state index in [9.17, 15) is 17.2 Å². The van der Waals surface area contributed by atoms with E-state index in [1.165, 1.54) is 28.7 Å². The van der Waals surface area contributed by atoms with Crippen LogP contribution in [0.4, 0.5) is 8.78 Å². The van der Waals surface area contributed by atoms with E-state index >= 15 is 0 Å². The Morgan fingerprint density at radius 3 is 2.50 bits per heavy atom. The van der Waals surface area contributed by atoms with Gasteiger partial charge in [0.2, 0.25) is 0 Å². The first-order chi connectivity index (χ1) is 7.27. The quantitative estimate of drug-likeness (QED) is 0.450. The standard InChI is InChI=1S/C7H2ClF2IN2O2S/c8-16(14,15)5-1-3(6(9)10)4(2-12)13-7(5)11/h1,6H. The summed E-state index contributed by atoms with van der Waals surface area (Å²) in [6, 6.07) is 2.13. The molecule has 0 aliphatic rings. The summed E-state index contributed by atoms with van der Waals surface area (Å²) in [5.41, 5.74) is -1.26. The zero-order valence-electron chi connectivity index (χ0n) is 7.29. The lowest BCUT2D eigenvalue weighted by atomic mass is 10.2. The van der Waals surface area contributed by atoms with Gasteiger partial charge in [0.05, 0.1) is 5.56 Å². The Balaban J connectivity index is 3.60. The molecule has 0 amide bonds. The van der Waals surface area contributed by atoms with Crippen LogP contribution in [0.2, 0.25) is 0 Å². The van der Waals surface area contributed by atoms with Crippen molar-refractivity contribution in [2.45, 2.75) is 11.3 Å². The molecule has 1 aromatic heterocycles. The zero-order valence-corrected chi connectivity index (χ0v) is 11.0. The highest BCUT2D eigenvalue weighted by Gasteiger charge is 2.23. The molecule has 0 aliphatic carbocycles. The lowest BCUT2D eigenvalue weighted by Gasteiger charge is -2.05. The summed E-state index contributed by atoms with van der Waals surface area (Å²) in [5, 5.41) is 8.55. The van der Waals surface area contributed by atoms with Gasteiger partial charge in [-0.25, -0.2) is 22.2 Å². The first-order valence-corrected chi connectivity index (χ1v) is 6.99. The second-order valence-corrected chi connectivity index (χ2v) is 6.12. The molecule has 0 N–H and O–H groups in total. The van der Waals surface area contributed by atoms with Crippen molar-refractivity contribution in [3.05, 3.63) is 21.0 Å². The number of alkyl halides is 2. The van der Waals surface area contributed by atoms with Crippen molar-refractivity contribution in [2.75, 3.05) is 0 Å². The highest BCUT2D eigenvalue weighted by Crippen LogP contribution is 2.28. The Bertz CT molecular complexity index is 570. The molecule has 0 unspecified atom stereocenters. The van der Waals surface area contributed by atoms with Crippen LogP contribution in [0.5, 0.6) is 0 Å². The summed E-state index contributed by atoms with van der Waals surface area (Å²) in [6.07, 6.45) is -2.99. The number of halogens is 4. The number of nitrogens with zero attached hydrogens (tertiary/aromatic N) is 2. The Morgan fingerprint density at radius 2 is 2.12 bits per heavy atom. The van der Waals surface area contributed by atoms with E-state index in [0.29, 0.717) is 6.07 Å². The molecule has 9 heteroatoms. The number of hydrogen-bond donors (Lipinski definition) is 0. The van der Waals surface area contributed by atoms with Gasteiger partial charge >= 0.3 is 0 Å². The predicted octanol–water partition coefficient (Wildman–Crippen LogP) is 2.42. The molecule has 0 saturated heterocycles. The van der Waals surface area contributed by atoms with Gasteiger partial charge in [-0.05, 0) is 28.7 Å². The van der Waals surface area contributed by atoms with Crippen LogP contribution in [0, 0.1) is 15.0 Å². The maximum atomic E-state index is 12.5. The largest absolute Gasteiger partial charge is 0.266 e. The van der Waals surface area contributed by atoms with Gasteiger partial charge in [-0.15, -0.1) is 0 Å². The van der Waals surface area contributed by atoms with E-state index in [-0.39, 0.29) is 3.70 Å². The summed E-state index contributed by atoms with van der Waals surface area (Å²) in [6.45, 7) is 0. The van der Waals surface area contributed by atoms with Crippen LogP contribution in [-0.2, 0) is 9.05 Å². The first kappa shape index (κ1) is 13.5. The van der Waals surface area contributed by atoms with Gasteiger partial charge in [-0.1, -0.05) is 0 Å². The molecule has 86 valence electrons. The average molecular weight is 379 g/mol. The van der Waals surface area contributed by atoms with Gasteiger partial charge in [0.25, 0.3) is 15.5 Å². The van der Waals surface area contributed by atoms with Gasteiger partial charge in [0.1, 0.15) is 14.7 Å². The lowest BCUT2D eigenvalue weighted by molar-refractivity contribution is 0.150. The predicted molar refractivity (Wildman–Crippen MR) is 59.7 cm³/mol. The summed E-state index contributed by atoms with van der Waals surface area (Å²) in [7, 11) is 0.881. The third kappa shape index (κ3) is 2.78. The van der Waals surface area contributed by atoms with Crippen LogP contribution in [-0.4, -0.2) is 13.4 Å². The lowest BCUT2D eigenvalue weighted by Crippen LogP contribution is -2.03. The Hall–Kier alpha value is -0.530. The Labute approximate surface area is 108 Å². The summed E-state index contributed by atoms with van der Waals surface area (Å²) >= 11 is 1.50. The fourth-order valence-corrected chi connectivity index (χ4v) is 3.44. The van der Waals surface area contributed by atoms with Crippen molar-refractivity contribution in [3.8, 4) is 6.07 Å². The minimum atomic E-state index is -4.16. The van der Waals surface area contributed by atoms with Crippen LogP contribution in [0.25, 0.3) is 0 Å². The maximum absolute atomic E-state index is 12.5. The molecule has 0 aromatic carbocycles. The number of pyridine rings is 1. The second kappa shape index (κ2) is 4.77. The molecule has 0 radical (unpaired) electrons. The molecule has 0 saturated carbocycles. The minimum Gasteiger partial charge on any atom is -0.229 e. The molecule has 1 heterocycles. The number of aromatic nitrogens is 1. The molecule has 1 rings (SSSR count). The van der Waals surface area contributed by atoms with Crippen LogP contribution < -0.4 is 0 Å².